The van der Waals surface area contributed by atoms with Crippen LogP contribution in [0, 0.1) is 0 Å². The average Bonchev–Trinajstić information content (AvgIpc) is 2.53. The Bertz CT molecular complexity index is 419. The van der Waals surface area contributed by atoms with Crippen molar-refractivity contribution in [2.24, 2.45) is 0 Å². The maximum Gasteiger partial charge on any atom is 0.285 e. The average molecular weight is 179 g/mol. The number of pyridine rings is 1. The molecule has 2 aromatic heterocycles. The van der Waals surface area contributed by atoms with Crippen LogP contribution >= 0.6 is 11.7 Å². The van der Waals surface area contributed by atoms with E-state index in [0.29, 0.717) is 5.69 Å². The fraction of sp³-hybridized carbons (Fsp3) is 0. The number of aromatic amines is 1. The largest absolute Gasteiger partial charge is 0.285 e. The van der Waals surface area contributed by atoms with Crippen LogP contribution < -0.4 is 5.56 Å². The first-order chi connectivity index (χ1) is 5.88. The molecule has 1 N–H and O–H groups in total. The van der Waals surface area contributed by atoms with E-state index in [9.17, 15) is 4.79 Å². The summed E-state index contributed by atoms with van der Waals surface area (Å²) in [5.74, 6) is 0. The van der Waals surface area contributed by atoms with E-state index in [2.05, 4.69) is 13.7 Å². The van der Waals surface area contributed by atoms with Gasteiger partial charge in [0.05, 0.1) is 0 Å². The van der Waals surface area contributed by atoms with Crippen molar-refractivity contribution in [2.45, 2.75) is 0 Å². The normalized spacial score (nSPS) is 10.0. The van der Waals surface area contributed by atoms with Gasteiger partial charge in [-0.3, -0.25) is 14.2 Å². The van der Waals surface area contributed by atoms with Gasteiger partial charge in [0.15, 0.2) is 5.69 Å². The molecule has 60 valence electrons. The first-order valence-corrected chi connectivity index (χ1v) is 4.10. The van der Waals surface area contributed by atoms with Crippen LogP contribution in [-0.2, 0) is 0 Å². The lowest BCUT2D eigenvalue weighted by atomic mass is 10.2. The Hall–Kier alpha value is -1.49. The second kappa shape index (κ2) is 2.86. The number of hydrogen-bond donors (Lipinski definition) is 1. The van der Waals surface area contributed by atoms with Crippen LogP contribution in [0.3, 0.4) is 0 Å². The van der Waals surface area contributed by atoms with Crippen molar-refractivity contribution in [1.82, 2.24) is 13.7 Å². The molecule has 0 aromatic carbocycles. The van der Waals surface area contributed by atoms with Crippen LogP contribution in [0.25, 0.3) is 11.3 Å². The van der Waals surface area contributed by atoms with Gasteiger partial charge < -0.3 is 0 Å². The molecule has 5 heteroatoms. The Morgan fingerprint density at radius 2 is 2.42 bits per heavy atom. The van der Waals surface area contributed by atoms with E-state index in [4.69, 9.17) is 0 Å². The number of nitrogens with one attached hydrogen (secondary N) is 1. The van der Waals surface area contributed by atoms with Gasteiger partial charge in [-0.1, -0.05) is 0 Å². The lowest BCUT2D eigenvalue weighted by Crippen LogP contribution is -2.01. The van der Waals surface area contributed by atoms with Crippen LogP contribution in [-0.4, -0.2) is 13.7 Å². The Kier molecular flexibility index (Phi) is 1.71. The van der Waals surface area contributed by atoms with E-state index in [1.165, 1.54) is 0 Å². The second-order valence-electron chi connectivity index (χ2n) is 2.20. The highest BCUT2D eigenvalue weighted by atomic mass is 32.1. The molecule has 0 bridgehead atoms. The fourth-order valence-corrected chi connectivity index (χ4v) is 1.39. The number of hydrogen-bond acceptors (Lipinski definition) is 4. The minimum atomic E-state index is -0.159. The minimum absolute atomic E-state index is 0.159. The van der Waals surface area contributed by atoms with Gasteiger partial charge in [0.2, 0.25) is 0 Å². The van der Waals surface area contributed by atoms with Gasteiger partial charge >= 0.3 is 0 Å². The summed E-state index contributed by atoms with van der Waals surface area (Å²) in [6.07, 6.45) is 3.27. The Labute approximate surface area is 72.2 Å². The van der Waals surface area contributed by atoms with Gasteiger partial charge in [-0.25, -0.2) is 0 Å². The zero-order valence-corrected chi connectivity index (χ0v) is 6.84. The summed E-state index contributed by atoms with van der Waals surface area (Å²) in [4.78, 5) is 15.0. The van der Waals surface area contributed by atoms with Crippen LogP contribution in [0.5, 0.6) is 0 Å². The summed E-state index contributed by atoms with van der Waals surface area (Å²) in [5.41, 5.74) is 1.03. The molecule has 0 amide bonds. The molecule has 0 fully saturated rings. The van der Waals surface area contributed by atoms with Crippen molar-refractivity contribution in [3.05, 3.63) is 34.9 Å². The zero-order chi connectivity index (χ0) is 8.39. The molecule has 2 aromatic rings. The number of rotatable bonds is 1. The van der Waals surface area contributed by atoms with Crippen molar-refractivity contribution in [3.63, 3.8) is 0 Å². The van der Waals surface area contributed by atoms with Crippen LogP contribution in [0.4, 0.5) is 0 Å². The lowest BCUT2D eigenvalue weighted by Gasteiger charge is -1.89. The summed E-state index contributed by atoms with van der Waals surface area (Å²) >= 11 is 1.05. The van der Waals surface area contributed by atoms with Gasteiger partial charge in [-0.15, -0.1) is 0 Å². The summed E-state index contributed by atoms with van der Waals surface area (Å²) in [6, 6.07) is 3.57. The van der Waals surface area contributed by atoms with Crippen molar-refractivity contribution in [2.75, 3.05) is 0 Å². The summed E-state index contributed by atoms with van der Waals surface area (Å²) in [7, 11) is 0. The summed E-state index contributed by atoms with van der Waals surface area (Å²) < 4.78 is 6.43. The number of H-pyrrole nitrogens is 1. The van der Waals surface area contributed by atoms with Gasteiger partial charge in [0.1, 0.15) is 0 Å². The molecular weight excluding hydrogens is 174 g/mol. The van der Waals surface area contributed by atoms with Crippen LogP contribution in [0.15, 0.2) is 29.3 Å². The van der Waals surface area contributed by atoms with Gasteiger partial charge in [0, 0.05) is 29.7 Å². The third-order valence-corrected chi connectivity index (χ3v) is 1.98. The van der Waals surface area contributed by atoms with E-state index in [1.54, 1.807) is 24.5 Å². The Balaban J connectivity index is 2.59. The van der Waals surface area contributed by atoms with E-state index in [-0.39, 0.29) is 5.56 Å². The maximum absolute atomic E-state index is 11.1. The highest BCUT2D eigenvalue weighted by Gasteiger charge is 2.04. The topological polar surface area (TPSA) is 58.6 Å². The molecule has 12 heavy (non-hydrogen) atoms. The van der Waals surface area contributed by atoms with Crippen LogP contribution in [0.2, 0.25) is 0 Å². The van der Waals surface area contributed by atoms with Crippen molar-refractivity contribution < 1.29 is 0 Å². The highest BCUT2D eigenvalue weighted by molar-refractivity contribution is 6.99. The summed E-state index contributed by atoms with van der Waals surface area (Å²) in [5, 5.41) is 0. The quantitative estimate of drug-likeness (QED) is 0.707. The van der Waals surface area contributed by atoms with E-state index in [1.807, 2.05) is 0 Å². The maximum atomic E-state index is 11.1. The number of nitrogens with zero attached hydrogens (tertiary/aromatic N) is 2. The van der Waals surface area contributed by atoms with Crippen LogP contribution in [0.1, 0.15) is 0 Å². The molecule has 0 aliphatic heterocycles. The first-order valence-electron chi connectivity index (χ1n) is 3.32. The van der Waals surface area contributed by atoms with E-state index in [0.717, 1.165) is 17.3 Å². The Morgan fingerprint density at radius 1 is 1.50 bits per heavy atom. The second-order valence-corrected chi connectivity index (χ2v) is 2.77. The zero-order valence-electron chi connectivity index (χ0n) is 6.02. The molecular formula is C7H5N3OS. The molecule has 2 heterocycles. The molecule has 0 unspecified atom stereocenters. The summed E-state index contributed by atoms with van der Waals surface area (Å²) in [6.45, 7) is 0. The monoisotopic (exact) mass is 179 g/mol. The highest BCUT2D eigenvalue weighted by Crippen LogP contribution is 2.09. The number of aromatic nitrogens is 3. The molecule has 0 spiro atoms. The molecule has 4 nitrogen and oxygen atoms in total. The van der Waals surface area contributed by atoms with E-state index < -0.39 is 0 Å². The van der Waals surface area contributed by atoms with E-state index >= 15 is 0 Å². The predicted octanol–water partition coefficient (Wildman–Crippen LogP) is 0.893. The van der Waals surface area contributed by atoms with Crippen molar-refractivity contribution in [1.29, 1.82) is 0 Å². The smallest absolute Gasteiger partial charge is 0.266 e. The minimum Gasteiger partial charge on any atom is -0.266 e. The van der Waals surface area contributed by atoms with Gasteiger partial charge in [-0.05, 0) is 12.1 Å². The van der Waals surface area contributed by atoms with Crippen molar-refractivity contribution >= 4 is 11.7 Å². The molecule has 0 radical (unpaired) electrons. The standard InChI is InChI=1S/C7H5N3OS/c11-7-6(9-12-10-7)5-2-1-3-8-4-5/h1-4H,(H,10,11). The van der Waals surface area contributed by atoms with Crippen molar-refractivity contribution in [3.8, 4) is 11.3 Å². The third-order valence-electron chi connectivity index (χ3n) is 1.43. The SMILES string of the molecule is O=c1[nH]snc1-c1cccnc1. The van der Waals surface area contributed by atoms with Gasteiger partial charge in [0.25, 0.3) is 5.56 Å². The molecule has 0 saturated carbocycles. The fourth-order valence-electron chi connectivity index (χ4n) is 0.886. The van der Waals surface area contributed by atoms with Gasteiger partial charge in [-0.2, -0.15) is 4.37 Å². The first kappa shape index (κ1) is 7.17. The molecule has 0 atom stereocenters. The molecule has 0 aliphatic carbocycles. The molecule has 0 saturated heterocycles. The molecule has 0 aliphatic rings. The lowest BCUT2D eigenvalue weighted by molar-refractivity contribution is 1.30. The predicted molar refractivity (Wildman–Crippen MR) is 46.0 cm³/mol. The Morgan fingerprint density at radius 3 is 3.00 bits per heavy atom. The third kappa shape index (κ3) is 1.14. The molecule has 2 rings (SSSR count).